The van der Waals surface area contributed by atoms with E-state index >= 15 is 0 Å². The molecule has 0 aliphatic heterocycles. The molecule has 12 heteroatoms. The van der Waals surface area contributed by atoms with Crippen molar-refractivity contribution >= 4 is 34.4 Å². The second-order valence-corrected chi connectivity index (χ2v) is 8.96. The smallest absolute Gasteiger partial charge is 0.307 e. The number of nitrogens with one attached hydrogen (secondary N) is 1. The van der Waals surface area contributed by atoms with Gasteiger partial charge in [-0.25, -0.2) is 0 Å². The van der Waals surface area contributed by atoms with Gasteiger partial charge >= 0.3 is 5.97 Å². The van der Waals surface area contributed by atoms with Crippen LogP contribution < -0.4 is 10.1 Å². The van der Waals surface area contributed by atoms with E-state index in [-0.39, 0.29) is 18.9 Å². The Hall–Kier alpha value is -3.03. The first-order valence-corrected chi connectivity index (χ1v) is 12.0. The Morgan fingerprint density at radius 1 is 1.03 bits per heavy atom. The van der Waals surface area contributed by atoms with E-state index in [4.69, 9.17) is 36.8 Å². The number of hydrogen-bond donors (Lipinski definition) is 7. The van der Waals surface area contributed by atoms with Crippen LogP contribution in [0.4, 0.5) is 0 Å². The second kappa shape index (κ2) is 14.2. The predicted octanol–water partition coefficient (Wildman–Crippen LogP) is 0.569. The number of carboxylic acids is 1. The standard InChI is InChI=1S/C19H16ClNO4.C7H17NO5/c1-11-15(10-18(22)23)16-9-14(25-2)7-8-17(16)21(11)19(24)12-3-5-13(20)6-4-12;1-8-2-4(10)6(12)7(13)5(11)3-9/h3-9H,10H2,1-2H3,(H,22,23);4-13H,2-3H2,1H3. The monoisotopic (exact) mass is 552 g/mol. The number of aliphatic carboxylic acids is 1. The lowest BCUT2D eigenvalue weighted by molar-refractivity contribution is -0.136. The van der Waals surface area contributed by atoms with E-state index in [2.05, 4.69) is 5.32 Å². The van der Waals surface area contributed by atoms with Gasteiger partial charge in [0.1, 0.15) is 24.1 Å². The van der Waals surface area contributed by atoms with E-state index < -0.39 is 37.0 Å². The Labute approximate surface area is 224 Å². The molecule has 38 heavy (non-hydrogen) atoms. The minimum Gasteiger partial charge on any atom is -0.497 e. The zero-order valence-electron chi connectivity index (χ0n) is 21.2. The van der Waals surface area contributed by atoms with Gasteiger partial charge in [-0.15, -0.1) is 0 Å². The van der Waals surface area contributed by atoms with Gasteiger partial charge in [0, 0.05) is 28.2 Å². The Balaban J connectivity index is 0.000000332. The maximum absolute atomic E-state index is 13.0. The highest BCUT2D eigenvalue weighted by molar-refractivity contribution is 6.30. The summed E-state index contributed by atoms with van der Waals surface area (Å²) in [6, 6.07) is 11.9. The van der Waals surface area contributed by atoms with Crippen LogP contribution in [0.2, 0.25) is 5.02 Å². The Morgan fingerprint density at radius 3 is 2.16 bits per heavy atom. The molecule has 0 spiro atoms. The third kappa shape index (κ3) is 7.51. The number of halogens is 1. The SMILES string of the molecule is CNCC(O)C(O)C(O)C(O)CO.COc1ccc2c(c1)c(CC(=O)O)c(C)n2C(=O)c1ccc(Cl)cc1. The lowest BCUT2D eigenvalue weighted by Crippen LogP contribution is -2.48. The lowest BCUT2D eigenvalue weighted by Gasteiger charge is -2.25. The second-order valence-electron chi connectivity index (χ2n) is 8.52. The van der Waals surface area contributed by atoms with Crippen LogP contribution in [0.1, 0.15) is 21.6 Å². The van der Waals surface area contributed by atoms with Crippen molar-refractivity contribution in [2.75, 3.05) is 27.3 Å². The fraction of sp³-hybridized carbons (Fsp3) is 0.385. The van der Waals surface area contributed by atoms with Crippen LogP contribution in [0.3, 0.4) is 0 Å². The summed E-state index contributed by atoms with van der Waals surface area (Å²) in [6.07, 6.45) is -5.82. The number of carboxylic acid groups (broad SMARTS) is 1. The van der Waals surface area contributed by atoms with Gasteiger partial charge < -0.3 is 40.7 Å². The molecule has 0 bridgehead atoms. The summed E-state index contributed by atoms with van der Waals surface area (Å²) in [4.78, 5) is 24.3. The van der Waals surface area contributed by atoms with Gasteiger partial charge in [0.05, 0.1) is 31.8 Å². The first kappa shape index (κ1) is 31.2. The molecule has 0 aliphatic carbocycles. The number of hydrogen-bond acceptors (Lipinski definition) is 9. The number of likely N-dealkylation sites (N-methyl/N-ethyl adjacent to an activating group) is 1. The van der Waals surface area contributed by atoms with Gasteiger partial charge in [-0.2, -0.15) is 0 Å². The number of rotatable bonds is 10. The topological polar surface area (TPSA) is 182 Å². The number of fused-ring (bicyclic) bond motifs is 1. The van der Waals surface area contributed by atoms with Crippen LogP contribution in [0.15, 0.2) is 42.5 Å². The average Bonchev–Trinajstić information content (AvgIpc) is 3.17. The molecule has 4 unspecified atom stereocenters. The van der Waals surface area contributed by atoms with Gasteiger partial charge in [-0.05, 0) is 62.0 Å². The molecule has 3 aromatic rings. The van der Waals surface area contributed by atoms with Crippen LogP contribution in [-0.2, 0) is 11.2 Å². The van der Waals surface area contributed by atoms with Crippen molar-refractivity contribution in [2.45, 2.75) is 37.8 Å². The number of ether oxygens (including phenoxy) is 1. The van der Waals surface area contributed by atoms with Crippen molar-refractivity contribution in [1.82, 2.24) is 9.88 Å². The number of benzene rings is 2. The van der Waals surface area contributed by atoms with E-state index in [0.29, 0.717) is 38.5 Å². The third-order valence-electron chi connectivity index (χ3n) is 5.90. The first-order valence-electron chi connectivity index (χ1n) is 11.6. The summed E-state index contributed by atoms with van der Waals surface area (Å²) < 4.78 is 6.77. The molecule has 0 radical (unpaired) electrons. The fourth-order valence-electron chi connectivity index (χ4n) is 3.84. The Morgan fingerprint density at radius 2 is 1.63 bits per heavy atom. The largest absolute Gasteiger partial charge is 0.497 e. The van der Waals surface area contributed by atoms with Crippen molar-refractivity contribution in [2.24, 2.45) is 0 Å². The lowest BCUT2D eigenvalue weighted by atomic mass is 10.0. The summed E-state index contributed by atoms with van der Waals surface area (Å²) >= 11 is 5.89. The molecule has 1 aromatic heterocycles. The average molecular weight is 553 g/mol. The molecule has 2 aromatic carbocycles. The normalized spacial score (nSPS) is 14.2. The first-order chi connectivity index (χ1) is 18.0. The highest BCUT2D eigenvalue weighted by Gasteiger charge is 2.29. The van der Waals surface area contributed by atoms with Crippen LogP contribution in [-0.4, -0.2) is 98.8 Å². The Kier molecular flexibility index (Phi) is 11.7. The summed E-state index contributed by atoms with van der Waals surface area (Å²) in [7, 11) is 3.12. The summed E-state index contributed by atoms with van der Waals surface area (Å²) in [5.41, 5.74) is 2.32. The van der Waals surface area contributed by atoms with E-state index in [1.807, 2.05) is 0 Å². The van der Waals surface area contributed by atoms with Crippen molar-refractivity contribution < 1.29 is 45.0 Å². The summed E-state index contributed by atoms with van der Waals surface area (Å²) in [5.74, 6) is -0.583. The fourth-order valence-corrected chi connectivity index (χ4v) is 3.97. The highest BCUT2D eigenvalue weighted by atomic mass is 35.5. The minimum atomic E-state index is -1.55. The zero-order chi connectivity index (χ0) is 28.6. The van der Waals surface area contributed by atoms with Crippen molar-refractivity contribution in [1.29, 1.82) is 0 Å². The molecule has 7 N–H and O–H groups in total. The minimum absolute atomic E-state index is 0.0936. The van der Waals surface area contributed by atoms with E-state index in [1.54, 1.807) is 63.5 Å². The van der Waals surface area contributed by atoms with Crippen molar-refractivity contribution in [3.8, 4) is 5.75 Å². The molecule has 3 rings (SSSR count). The molecule has 1 heterocycles. The Bertz CT molecular complexity index is 1230. The molecule has 0 aliphatic rings. The van der Waals surface area contributed by atoms with E-state index in [9.17, 15) is 19.8 Å². The summed E-state index contributed by atoms with van der Waals surface area (Å²) in [5, 5.41) is 57.9. The summed E-state index contributed by atoms with van der Waals surface area (Å²) in [6.45, 7) is 1.18. The molecule has 208 valence electrons. The molecule has 0 fully saturated rings. The van der Waals surface area contributed by atoms with E-state index in [0.717, 1.165) is 0 Å². The number of aliphatic hydroxyl groups excluding tert-OH is 5. The van der Waals surface area contributed by atoms with Gasteiger partial charge in [0.25, 0.3) is 5.91 Å². The molecular weight excluding hydrogens is 520 g/mol. The molecule has 11 nitrogen and oxygen atoms in total. The number of aromatic nitrogens is 1. The number of carbonyl (C=O) groups is 2. The van der Waals surface area contributed by atoms with Crippen LogP contribution in [0.25, 0.3) is 10.9 Å². The van der Waals surface area contributed by atoms with Gasteiger partial charge in [-0.3, -0.25) is 14.2 Å². The molecule has 0 saturated heterocycles. The van der Waals surface area contributed by atoms with Crippen molar-refractivity contribution in [3.63, 3.8) is 0 Å². The van der Waals surface area contributed by atoms with E-state index in [1.165, 1.54) is 4.57 Å². The van der Waals surface area contributed by atoms with Gasteiger partial charge in [0.2, 0.25) is 0 Å². The zero-order valence-corrected chi connectivity index (χ0v) is 22.0. The van der Waals surface area contributed by atoms with Crippen LogP contribution >= 0.6 is 11.6 Å². The molecule has 0 saturated carbocycles. The highest BCUT2D eigenvalue weighted by Crippen LogP contribution is 2.30. The predicted molar refractivity (Wildman–Crippen MR) is 141 cm³/mol. The third-order valence-corrected chi connectivity index (χ3v) is 6.15. The number of nitrogens with zero attached hydrogens (tertiary/aromatic N) is 1. The van der Waals surface area contributed by atoms with Crippen LogP contribution in [0.5, 0.6) is 5.75 Å². The number of aliphatic hydroxyl groups is 5. The number of methoxy groups -OCH3 is 1. The maximum atomic E-state index is 13.0. The molecular formula is C26H33ClN2O9. The maximum Gasteiger partial charge on any atom is 0.307 e. The van der Waals surface area contributed by atoms with Crippen molar-refractivity contribution in [3.05, 3.63) is 64.3 Å². The number of carbonyl (C=O) groups excluding carboxylic acids is 1. The molecule has 4 atom stereocenters. The molecule has 0 amide bonds. The van der Waals surface area contributed by atoms with Crippen LogP contribution in [0, 0.1) is 6.92 Å². The van der Waals surface area contributed by atoms with Gasteiger partial charge in [-0.1, -0.05) is 11.6 Å². The quantitative estimate of drug-likeness (QED) is 0.188. The van der Waals surface area contributed by atoms with Gasteiger partial charge in [0.15, 0.2) is 0 Å².